The van der Waals surface area contributed by atoms with Gasteiger partial charge in [0.15, 0.2) is 5.78 Å². The molecule has 2 saturated heterocycles. The van der Waals surface area contributed by atoms with E-state index in [1.165, 1.54) is 0 Å². The van der Waals surface area contributed by atoms with E-state index in [4.69, 9.17) is 14.2 Å². The van der Waals surface area contributed by atoms with Crippen LogP contribution in [0.5, 0.6) is 11.5 Å². The van der Waals surface area contributed by atoms with Gasteiger partial charge in [-0.2, -0.15) is 0 Å². The SMILES string of the molecule is COc1ccc(C(=O)C2C(=O)C(=O)N(CCN3CCOCC3)C2c2ccc(OC)cc2)cc1. The van der Waals surface area contributed by atoms with Crippen molar-refractivity contribution in [1.29, 1.82) is 0 Å². The molecule has 2 fully saturated rings. The molecule has 2 heterocycles. The highest BCUT2D eigenvalue weighted by Crippen LogP contribution is 2.38. The second-order valence-electron chi connectivity index (χ2n) is 8.11. The molecular weight excluding hydrogens is 424 g/mol. The summed E-state index contributed by atoms with van der Waals surface area (Å²) >= 11 is 0. The molecule has 8 nitrogen and oxygen atoms in total. The number of benzene rings is 2. The summed E-state index contributed by atoms with van der Waals surface area (Å²) in [5, 5.41) is 0. The average Bonchev–Trinajstić information content (AvgIpc) is 3.12. The Morgan fingerprint density at radius 1 is 0.909 bits per heavy atom. The van der Waals surface area contributed by atoms with E-state index < -0.39 is 23.7 Å². The van der Waals surface area contributed by atoms with Gasteiger partial charge in [0.05, 0.1) is 33.5 Å². The lowest BCUT2D eigenvalue weighted by Crippen LogP contribution is -2.42. The van der Waals surface area contributed by atoms with E-state index in [-0.39, 0.29) is 5.78 Å². The zero-order valence-electron chi connectivity index (χ0n) is 18.9. The minimum atomic E-state index is -1.11. The highest BCUT2D eigenvalue weighted by atomic mass is 16.5. The number of morpholine rings is 1. The van der Waals surface area contributed by atoms with E-state index in [2.05, 4.69) is 4.90 Å². The third-order valence-electron chi connectivity index (χ3n) is 6.28. The molecule has 2 aliphatic heterocycles. The predicted molar refractivity (Wildman–Crippen MR) is 121 cm³/mol. The van der Waals surface area contributed by atoms with Crippen molar-refractivity contribution < 1.29 is 28.6 Å². The Labute approximate surface area is 193 Å². The number of hydrogen-bond acceptors (Lipinski definition) is 7. The fraction of sp³-hybridized carbons (Fsp3) is 0.400. The van der Waals surface area contributed by atoms with Crippen LogP contribution < -0.4 is 9.47 Å². The van der Waals surface area contributed by atoms with Crippen molar-refractivity contribution in [3.8, 4) is 11.5 Å². The number of rotatable bonds is 8. The van der Waals surface area contributed by atoms with Crippen molar-refractivity contribution in [3.63, 3.8) is 0 Å². The van der Waals surface area contributed by atoms with Gasteiger partial charge in [-0.15, -0.1) is 0 Å². The first-order valence-corrected chi connectivity index (χ1v) is 11.0. The highest BCUT2D eigenvalue weighted by molar-refractivity contribution is 6.44. The molecule has 2 unspecified atom stereocenters. The molecule has 2 atom stereocenters. The Balaban J connectivity index is 1.65. The van der Waals surface area contributed by atoms with Gasteiger partial charge in [-0.25, -0.2) is 0 Å². The number of amides is 1. The predicted octanol–water partition coefficient (Wildman–Crippen LogP) is 1.99. The quantitative estimate of drug-likeness (QED) is 0.344. The van der Waals surface area contributed by atoms with Gasteiger partial charge in [-0.05, 0) is 42.0 Å². The summed E-state index contributed by atoms with van der Waals surface area (Å²) in [4.78, 5) is 43.4. The lowest BCUT2D eigenvalue weighted by Gasteiger charge is -2.31. The van der Waals surface area contributed by atoms with Crippen LogP contribution in [-0.4, -0.2) is 80.9 Å². The van der Waals surface area contributed by atoms with Gasteiger partial charge < -0.3 is 19.1 Å². The molecule has 33 heavy (non-hydrogen) atoms. The van der Waals surface area contributed by atoms with Crippen LogP contribution in [0.3, 0.4) is 0 Å². The normalized spacial score (nSPS) is 21.3. The van der Waals surface area contributed by atoms with Crippen LogP contribution in [0.4, 0.5) is 0 Å². The lowest BCUT2D eigenvalue weighted by atomic mass is 9.86. The molecule has 2 aliphatic rings. The fourth-order valence-electron chi connectivity index (χ4n) is 4.41. The van der Waals surface area contributed by atoms with Crippen LogP contribution in [0.1, 0.15) is 22.0 Å². The van der Waals surface area contributed by atoms with Crippen molar-refractivity contribution in [3.05, 3.63) is 59.7 Å². The summed E-state index contributed by atoms with van der Waals surface area (Å²) in [7, 11) is 3.12. The van der Waals surface area contributed by atoms with E-state index in [0.717, 1.165) is 18.7 Å². The summed E-state index contributed by atoms with van der Waals surface area (Å²) in [6, 6.07) is 13.1. The standard InChI is InChI=1S/C25H28N2O6/c1-31-19-7-3-17(4-8-19)22-21(23(28)18-5-9-20(32-2)10-6-18)24(29)25(30)27(22)12-11-26-13-15-33-16-14-26/h3-10,21-22H,11-16H2,1-2H3. The smallest absolute Gasteiger partial charge is 0.291 e. The Bertz CT molecular complexity index is 999. The number of hydrogen-bond donors (Lipinski definition) is 0. The van der Waals surface area contributed by atoms with Crippen molar-refractivity contribution in [1.82, 2.24) is 9.80 Å². The maximum atomic E-state index is 13.5. The van der Waals surface area contributed by atoms with Crippen LogP contribution >= 0.6 is 0 Å². The molecule has 0 aromatic heterocycles. The van der Waals surface area contributed by atoms with Crippen LogP contribution in [0, 0.1) is 5.92 Å². The largest absolute Gasteiger partial charge is 0.497 e. The maximum Gasteiger partial charge on any atom is 0.291 e. The second kappa shape index (κ2) is 10.1. The van der Waals surface area contributed by atoms with Crippen LogP contribution in [0.2, 0.25) is 0 Å². The van der Waals surface area contributed by atoms with Gasteiger partial charge in [0.2, 0.25) is 5.78 Å². The third-order valence-corrected chi connectivity index (χ3v) is 6.28. The molecule has 0 N–H and O–H groups in total. The van der Waals surface area contributed by atoms with E-state index in [0.29, 0.717) is 43.4 Å². The molecule has 2 aromatic carbocycles. The second-order valence-corrected chi connectivity index (χ2v) is 8.11. The van der Waals surface area contributed by atoms with Crippen molar-refractivity contribution in [2.24, 2.45) is 5.92 Å². The molecular formula is C25H28N2O6. The summed E-state index contributed by atoms with van der Waals surface area (Å²) in [6.45, 7) is 3.81. The van der Waals surface area contributed by atoms with Crippen molar-refractivity contribution in [2.45, 2.75) is 6.04 Å². The minimum absolute atomic E-state index is 0.355. The summed E-state index contributed by atoms with van der Waals surface area (Å²) in [6.07, 6.45) is 0. The summed E-state index contributed by atoms with van der Waals surface area (Å²) in [5.41, 5.74) is 1.10. The molecule has 2 aromatic rings. The Morgan fingerprint density at radius 3 is 2.06 bits per heavy atom. The van der Waals surface area contributed by atoms with Gasteiger partial charge in [-0.3, -0.25) is 19.3 Å². The molecule has 8 heteroatoms. The zero-order chi connectivity index (χ0) is 23.4. The first-order valence-electron chi connectivity index (χ1n) is 11.0. The van der Waals surface area contributed by atoms with Crippen LogP contribution in [0.25, 0.3) is 0 Å². The number of ketones is 2. The average molecular weight is 453 g/mol. The molecule has 4 rings (SSSR count). The Kier molecular flexibility index (Phi) is 7.05. The molecule has 0 spiro atoms. The Morgan fingerprint density at radius 2 is 1.48 bits per heavy atom. The maximum absolute atomic E-state index is 13.5. The number of carbonyl (C=O) groups is 3. The van der Waals surface area contributed by atoms with Crippen molar-refractivity contribution in [2.75, 3.05) is 53.6 Å². The molecule has 1 amide bonds. The summed E-state index contributed by atoms with van der Waals surface area (Å²) < 4.78 is 15.8. The first kappa shape index (κ1) is 22.9. The van der Waals surface area contributed by atoms with Crippen molar-refractivity contribution >= 4 is 17.5 Å². The van der Waals surface area contributed by atoms with Gasteiger partial charge in [-0.1, -0.05) is 12.1 Å². The molecule has 0 aliphatic carbocycles. The number of carbonyl (C=O) groups excluding carboxylic acids is 3. The molecule has 0 radical (unpaired) electrons. The first-order chi connectivity index (χ1) is 16.0. The number of ether oxygens (including phenoxy) is 3. The monoisotopic (exact) mass is 452 g/mol. The van der Waals surface area contributed by atoms with Gasteiger partial charge >= 0.3 is 0 Å². The zero-order valence-corrected chi connectivity index (χ0v) is 18.9. The molecule has 0 bridgehead atoms. The highest BCUT2D eigenvalue weighted by Gasteiger charge is 2.51. The fourth-order valence-corrected chi connectivity index (χ4v) is 4.41. The molecule has 174 valence electrons. The Hall–Kier alpha value is -3.23. The van der Waals surface area contributed by atoms with Gasteiger partial charge in [0.1, 0.15) is 17.4 Å². The number of methoxy groups -OCH3 is 2. The topological polar surface area (TPSA) is 85.4 Å². The van der Waals surface area contributed by atoms with E-state index in [1.54, 1.807) is 55.5 Å². The van der Waals surface area contributed by atoms with Gasteiger partial charge in [0, 0.05) is 31.7 Å². The molecule has 0 saturated carbocycles. The summed E-state index contributed by atoms with van der Waals surface area (Å²) in [5.74, 6) is -1.49. The van der Waals surface area contributed by atoms with Crippen LogP contribution in [-0.2, 0) is 14.3 Å². The lowest BCUT2D eigenvalue weighted by molar-refractivity contribution is -0.141. The third kappa shape index (κ3) is 4.77. The number of likely N-dealkylation sites (tertiary alicyclic amines) is 1. The minimum Gasteiger partial charge on any atom is -0.497 e. The van der Waals surface area contributed by atoms with Gasteiger partial charge in [0.25, 0.3) is 5.91 Å². The number of Topliss-reactive ketones (excluding diaryl/α,β-unsaturated/α-hetero) is 2. The van der Waals surface area contributed by atoms with Crippen LogP contribution in [0.15, 0.2) is 48.5 Å². The van der Waals surface area contributed by atoms with E-state index in [9.17, 15) is 14.4 Å². The number of nitrogens with zero attached hydrogens (tertiary/aromatic N) is 2. The van der Waals surface area contributed by atoms with E-state index >= 15 is 0 Å². The van der Waals surface area contributed by atoms with E-state index in [1.807, 2.05) is 12.1 Å².